The van der Waals surface area contributed by atoms with Crippen LogP contribution >= 0.6 is 11.6 Å². The van der Waals surface area contributed by atoms with Gasteiger partial charge in [-0.3, -0.25) is 4.98 Å². The van der Waals surface area contributed by atoms with Crippen LogP contribution in [0, 0.1) is 0 Å². The summed E-state index contributed by atoms with van der Waals surface area (Å²) in [4.78, 5) is 4.17. The van der Waals surface area contributed by atoms with Crippen molar-refractivity contribution in [2.75, 3.05) is 0 Å². The zero-order valence-corrected chi connectivity index (χ0v) is 15.8. The minimum absolute atomic E-state index is 0.0103. The van der Waals surface area contributed by atoms with Crippen molar-refractivity contribution in [1.82, 2.24) is 10.3 Å². The normalized spacial score (nSPS) is 18.1. The molecule has 0 spiro atoms. The fraction of sp³-hybridized carbons (Fsp3) is 0.136. The van der Waals surface area contributed by atoms with Gasteiger partial charge in [-0.15, -0.1) is 0 Å². The van der Waals surface area contributed by atoms with E-state index in [1.807, 2.05) is 30.5 Å². The Morgan fingerprint density at radius 2 is 2.03 bits per heavy atom. The molecule has 3 aromatic rings. The highest BCUT2D eigenvalue weighted by Gasteiger charge is 2.31. The van der Waals surface area contributed by atoms with Crippen molar-refractivity contribution < 1.29 is 17.6 Å². The smallest absolute Gasteiger partial charge is 0.416 e. The molecule has 1 aliphatic rings. The highest BCUT2D eigenvalue weighted by molar-refractivity contribution is 6.33. The minimum atomic E-state index is -4.44. The van der Waals surface area contributed by atoms with Crippen LogP contribution in [0.15, 0.2) is 77.1 Å². The fourth-order valence-corrected chi connectivity index (χ4v) is 3.51. The van der Waals surface area contributed by atoms with E-state index in [1.165, 1.54) is 6.07 Å². The maximum absolute atomic E-state index is 12.8. The molecule has 2 aromatic heterocycles. The number of nitrogens with zero attached hydrogens (tertiary/aromatic N) is 1. The lowest BCUT2D eigenvalue weighted by atomic mass is 9.94. The lowest BCUT2D eigenvalue weighted by Gasteiger charge is -2.23. The first-order valence-corrected chi connectivity index (χ1v) is 9.28. The molecule has 0 bridgehead atoms. The quantitative estimate of drug-likeness (QED) is 0.519. The highest BCUT2D eigenvalue weighted by atomic mass is 35.5. The van der Waals surface area contributed by atoms with Gasteiger partial charge in [0, 0.05) is 18.0 Å². The molecule has 1 atom stereocenters. The van der Waals surface area contributed by atoms with Crippen LogP contribution in [0.3, 0.4) is 0 Å². The maximum Gasteiger partial charge on any atom is 0.416 e. The molecule has 3 heterocycles. The largest absolute Gasteiger partial charge is 0.457 e. The van der Waals surface area contributed by atoms with Gasteiger partial charge in [0.05, 0.1) is 16.6 Å². The zero-order valence-electron chi connectivity index (χ0n) is 15.1. The molecule has 1 N–H and O–H groups in total. The summed E-state index contributed by atoms with van der Waals surface area (Å²) in [6.45, 7) is 0. The molecule has 7 heteroatoms. The van der Waals surface area contributed by atoms with E-state index in [0.29, 0.717) is 17.1 Å². The lowest BCUT2D eigenvalue weighted by Crippen LogP contribution is -2.20. The SMILES string of the molecule is FC(F)(F)c1ccc(-c2ccc(C=C3CC=CNC3c3cccnc3)o2)c(Cl)c1. The van der Waals surface area contributed by atoms with Crippen LogP contribution < -0.4 is 5.32 Å². The number of pyridine rings is 1. The van der Waals surface area contributed by atoms with E-state index >= 15 is 0 Å². The van der Waals surface area contributed by atoms with E-state index in [4.69, 9.17) is 16.0 Å². The van der Waals surface area contributed by atoms with Gasteiger partial charge in [0.2, 0.25) is 0 Å². The van der Waals surface area contributed by atoms with Gasteiger partial charge in [-0.1, -0.05) is 23.7 Å². The van der Waals surface area contributed by atoms with E-state index in [0.717, 1.165) is 29.7 Å². The number of allylic oxidation sites excluding steroid dienone is 1. The summed E-state index contributed by atoms with van der Waals surface area (Å²) in [5, 5.41) is 3.31. The van der Waals surface area contributed by atoms with E-state index in [-0.39, 0.29) is 11.1 Å². The third-order valence-electron chi connectivity index (χ3n) is 4.64. The molecule has 1 aromatic carbocycles. The number of aromatic nitrogens is 1. The third kappa shape index (κ3) is 4.22. The van der Waals surface area contributed by atoms with Gasteiger partial charge < -0.3 is 9.73 Å². The summed E-state index contributed by atoms with van der Waals surface area (Å²) in [7, 11) is 0. The molecule has 1 unspecified atom stereocenters. The van der Waals surface area contributed by atoms with E-state index in [2.05, 4.69) is 10.3 Å². The van der Waals surface area contributed by atoms with Crippen molar-refractivity contribution in [2.45, 2.75) is 18.6 Å². The molecular weight excluding hydrogens is 401 g/mol. The van der Waals surface area contributed by atoms with Gasteiger partial charge in [0.15, 0.2) is 0 Å². The number of rotatable bonds is 3. The van der Waals surface area contributed by atoms with Gasteiger partial charge in [-0.2, -0.15) is 13.2 Å². The van der Waals surface area contributed by atoms with Crippen molar-refractivity contribution >= 4 is 17.7 Å². The number of hydrogen-bond donors (Lipinski definition) is 1. The summed E-state index contributed by atoms with van der Waals surface area (Å²) in [5.41, 5.74) is 1.73. The maximum atomic E-state index is 12.8. The Kier molecular flexibility index (Phi) is 5.20. The molecule has 0 amide bonds. The summed E-state index contributed by atoms with van der Waals surface area (Å²) in [6, 6.07) is 10.5. The Hall–Kier alpha value is -2.99. The third-order valence-corrected chi connectivity index (χ3v) is 4.95. The van der Waals surface area contributed by atoms with Crippen LogP contribution in [0.2, 0.25) is 5.02 Å². The predicted molar refractivity (Wildman–Crippen MR) is 106 cm³/mol. The topological polar surface area (TPSA) is 38.1 Å². The van der Waals surface area contributed by atoms with Gasteiger partial charge in [-0.25, -0.2) is 0 Å². The van der Waals surface area contributed by atoms with Crippen LogP contribution in [0.1, 0.15) is 29.3 Å². The Morgan fingerprint density at radius 1 is 1.17 bits per heavy atom. The number of nitrogens with one attached hydrogen (secondary N) is 1. The van der Waals surface area contributed by atoms with Gasteiger partial charge in [-0.05, 0) is 66.2 Å². The Bertz CT molecular complexity index is 1070. The number of furan rings is 1. The summed E-state index contributed by atoms with van der Waals surface area (Å²) >= 11 is 6.07. The molecule has 148 valence electrons. The molecule has 1 aliphatic heterocycles. The summed E-state index contributed by atoms with van der Waals surface area (Å²) in [6.07, 6.45) is 5.67. The van der Waals surface area contributed by atoms with Crippen LogP contribution in [0.4, 0.5) is 13.2 Å². The lowest BCUT2D eigenvalue weighted by molar-refractivity contribution is -0.137. The second-order valence-corrected chi connectivity index (χ2v) is 7.01. The number of benzene rings is 1. The second kappa shape index (κ2) is 7.79. The molecule has 0 aliphatic carbocycles. The first-order chi connectivity index (χ1) is 13.9. The molecule has 29 heavy (non-hydrogen) atoms. The number of halogens is 4. The fourth-order valence-electron chi connectivity index (χ4n) is 3.23. The average molecular weight is 417 g/mol. The van der Waals surface area contributed by atoms with E-state index < -0.39 is 11.7 Å². The molecule has 0 fully saturated rings. The molecule has 0 saturated heterocycles. The molecule has 3 nitrogen and oxygen atoms in total. The Morgan fingerprint density at radius 3 is 2.76 bits per heavy atom. The second-order valence-electron chi connectivity index (χ2n) is 6.61. The first-order valence-electron chi connectivity index (χ1n) is 8.90. The van der Waals surface area contributed by atoms with Crippen LogP contribution in [0.25, 0.3) is 17.4 Å². The standard InChI is InChI=1S/C22H16ClF3N2O/c23-19-12-16(22(24,25)26)5-7-18(19)20-8-6-17(29-20)11-14-3-2-10-28-21(14)15-4-1-9-27-13-15/h1-2,4-13,21,28H,3H2. The number of alkyl halides is 3. The summed E-state index contributed by atoms with van der Waals surface area (Å²) < 4.78 is 44.4. The van der Waals surface area contributed by atoms with Gasteiger partial charge >= 0.3 is 6.18 Å². The van der Waals surface area contributed by atoms with Gasteiger partial charge in [0.1, 0.15) is 11.5 Å². The molecule has 0 saturated carbocycles. The molecular formula is C22H16ClF3N2O. The monoisotopic (exact) mass is 416 g/mol. The zero-order chi connectivity index (χ0) is 20.4. The van der Waals surface area contributed by atoms with Crippen molar-refractivity contribution in [3.8, 4) is 11.3 Å². The predicted octanol–water partition coefficient (Wildman–Crippen LogP) is 6.65. The van der Waals surface area contributed by atoms with Crippen molar-refractivity contribution in [1.29, 1.82) is 0 Å². The van der Waals surface area contributed by atoms with E-state index in [9.17, 15) is 13.2 Å². The van der Waals surface area contributed by atoms with E-state index in [1.54, 1.807) is 24.5 Å². The van der Waals surface area contributed by atoms with Crippen LogP contribution in [0.5, 0.6) is 0 Å². The molecule has 4 rings (SSSR count). The van der Waals surface area contributed by atoms with Crippen LogP contribution in [-0.4, -0.2) is 4.98 Å². The number of hydrogen-bond acceptors (Lipinski definition) is 3. The van der Waals surface area contributed by atoms with Crippen LogP contribution in [-0.2, 0) is 6.18 Å². The Labute approximate surface area is 170 Å². The van der Waals surface area contributed by atoms with Crippen molar-refractivity contribution in [2.24, 2.45) is 0 Å². The summed E-state index contributed by atoms with van der Waals surface area (Å²) in [5.74, 6) is 1.00. The minimum Gasteiger partial charge on any atom is -0.457 e. The van der Waals surface area contributed by atoms with Crippen molar-refractivity contribution in [3.05, 3.63) is 94.6 Å². The Balaban J connectivity index is 1.63. The average Bonchev–Trinajstić information content (AvgIpc) is 3.16. The van der Waals surface area contributed by atoms with Crippen molar-refractivity contribution in [3.63, 3.8) is 0 Å². The molecule has 0 radical (unpaired) electrons. The first kappa shape index (κ1) is 19.3. The van der Waals surface area contributed by atoms with Gasteiger partial charge in [0.25, 0.3) is 0 Å². The highest BCUT2D eigenvalue weighted by Crippen LogP contribution is 2.37.